The molecule has 0 saturated heterocycles. The van der Waals surface area contributed by atoms with E-state index in [9.17, 15) is 0 Å². The Morgan fingerprint density at radius 1 is 1.36 bits per heavy atom. The van der Waals surface area contributed by atoms with Gasteiger partial charge in [-0.15, -0.1) is 0 Å². The molecule has 0 fully saturated rings. The molecule has 0 aliphatic heterocycles. The zero-order valence-corrected chi connectivity index (χ0v) is 8.45. The normalized spacial score (nSPS) is 10.4. The molecule has 72 valence electrons. The molecule has 1 aromatic carbocycles. The van der Waals surface area contributed by atoms with E-state index in [0.717, 1.165) is 11.4 Å². The summed E-state index contributed by atoms with van der Waals surface area (Å²) in [5.74, 6) is 0. The van der Waals surface area contributed by atoms with Crippen LogP contribution in [-0.2, 0) is 6.54 Å². The molecule has 0 bridgehead atoms. The first kappa shape index (κ1) is 9.30. The Hall–Kier alpha value is -1.26. The van der Waals surface area contributed by atoms with Gasteiger partial charge in [0.05, 0.1) is 6.54 Å². The zero-order chi connectivity index (χ0) is 9.80. The van der Waals surface area contributed by atoms with Crippen LogP contribution < -0.4 is 5.14 Å². The Morgan fingerprint density at radius 2 is 2.29 bits per heavy atom. The van der Waals surface area contributed by atoms with Crippen LogP contribution in [0, 0.1) is 0 Å². The van der Waals surface area contributed by atoms with Gasteiger partial charge < -0.3 is 0 Å². The summed E-state index contributed by atoms with van der Waals surface area (Å²) in [6.07, 6.45) is 3.73. The van der Waals surface area contributed by atoms with Gasteiger partial charge in [0.1, 0.15) is 0 Å². The fourth-order valence-electron chi connectivity index (χ4n) is 1.30. The first-order valence-corrected chi connectivity index (χ1v) is 5.19. The van der Waals surface area contributed by atoms with Crippen molar-refractivity contribution in [3.05, 3.63) is 48.3 Å². The second-order valence-electron chi connectivity index (χ2n) is 2.97. The third-order valence-corrected chi connectivity index (χ3v) is 2.46. The minimum Gasteiger partial charge on any atom is -0.274 e. The molecule has 14 heavy (non-hydrogen) atoms. The quantitative estimate of drug-likeness (QED) is 0.778. The molecule has 0 unspecified atom stereocenters. The molecule has 1 heterocycles. The predicted molar refractivity (Wildman–Crippen MR) is 57.8 cm³/mol. The zero-order valence-electron chi connectivity index (χ0n) is 7.63. The third kappa shape index (κ3) is 2.16. The minimum absolute atomic E-state index is 0.793. The van der Waals surface area contributed by atoms with Crippen molar-refractivity contribution < 1.29 is 0 Å². The fraction of sp³-hybridized carbons (Fsp3) is 0.100. The lowest BCUT2D eigenvalue weighted by atomic mass is 10.2. The molecular weight excluding hydrogens is 194 g/mol. The molecule has 0 aliphatic carbocycles. The average Bonchev–Trinajstić information content (AvgIpc) is 2.71. The van der Waals surface area contributed by atoms with Crippen LogP contribution in [0.25, 0.3) is 0 Å². The lowest BCUT2D eigenvalue weighted by Crippen LogP contribution is -1.99. The van der Waals surface area contributed by atoms with E-state index in [4.69, 9.17) is 5.14 Å². The van der Waals surface area contributed by atoms with Crippen LogP contribution in [0.5, 0.6) is 0 Å². The molecule has 3 nitrogen and oxygen atoms in total. The van der Waals surface area contributed by atoms with E-state index in [-0.39, 0.29) is 0 Å². The van der Waals surface area contributed by atoms with Gasteiger partial charge >= 0.3 is 0 Å². The smallest absolute Gasteiger partial charge is 0.0659 e. The highest BCUT2D eigenvalue weighted by molar-refractivity contribution is 7.97. The largest absolute Gasteiger partial charge is 0.274 e. The van der Waals surface area contributed by atoms with Crippen LogP contribution >= 0.6 is 11.9 Å². The average molecular weight is 205 g/mol. The van der Waals surface area contributed by atoms with Crippen molar-refractivity contribution in [1.29, 1.82) is 0 Å². The maximum absolute atomic E-state index is 5.49. The van der Waals surface area contributed by atoms with Crippen molar-refractivity contribution in [2.75, 3.05) is 0 Å². The summed E-state index contributed by atoms with van der Waals surface area (Å²) in [7, 11) is 0. The number of nitrogens with zero attached hydrogens (tertiary/aromatic N) is 2. The second kappa shape index (κ2) is 4.30. The first-order valence-electron chi connectivity index (χ1n) is 4.31. The molecule has 0 radical (unpaired) electrons. The summed E-state index contributed by atoms with van der Waals surface area (Å²) < 4.78 is 1.89. The standard InChI is InChI=1S/C10H11N3S/c11-14-10-4-1-3-9(7-10)8-13-6-2-5-12-13/h1-7H,8,11H2. The summed E-state index contributed by atoms with van der Waals surface area (Å²) >= 11 is 1.27. The summed E-state index contributed by atoms with van der Waals surface area (Å²) in [6, 6.07) is 10.1. The highest BCUT2D eigenvalue weighted by Gasteiger charge is 1.96. The monoisotopic (exact) mass is 205 g/mol. The van der Waals surface area contributed by atoms with Crippen LogP contribution in [-0.4, -0.2) is 9.78 Å². The van der Waals surface area contributed by atoms with E-state index in [2.05, 4.69) is 17.2 Å². The molecule has 2 N–H and O–H groups in total. The second-order valence-corrected chi connectivity index (χ2v) is 3.68. The Bertz CT molecular complexity index is 398. The molecular formula is C10H11N3S. The number of nitrogens with two attached hydrogens (primary N) is 1. The van der Waals surface area contributed by atoms with Crippen molar-refractivity contribution in [2.45, 2.75) is 11.4 Å². The first-order chi connectivity index (χ1) is 6.88. The van der Waals surface area contributed by atoms with Crippen molar-refractivity contribution in [1.82, 2.24) is 9.78 Å². The van der Waals surface area contributed by atoms with Crippen LogP contribution in [0.15, 0.2) is 47.6 Å². The van der Waals surface area contributed by atoms with Gasteiger partial charge in [0.15, 0.2) is 0 Å². The number of hydrogen-bond acceptors (Lipinski definition) is 3. The molecule has 0 spiro atoms. The van der Waals surface area contributed by atoms with Crippen LogP contribution in [0.2, 0.25) is 0 Å². The topological polar surface area (TPSA) is 43.8 Å². The van der Waals surface area contributed by atoms with Crippen molar-refractivity contribution in [3.8, 4) is 0 Å². The molecule has 1 aromatic heterocycles. The summed E-state index contributed by atoms with van der Waals surface area (Å²) in [5, 5.41) is 9.63. The number of hydrogen-bond donors (Lipinski definition) is 1. The summed E-state index contributed by atoms with van der Waals surface area (Å²) in [6.45, 7) is 0.793. The van der Waals surface area contributed by atoms with Crippen LogP contribution in [0.1, 0.15) is 5.56 Å². The maximum atomic E-state index is 5.49. The predicted octanol–water partition coefficient (Wildman–Crippen LogP) is 1.90. The fourth-order valence-corrected chi connectivity index (χ4v) is 1.67. The van der Waals surface area contributed by atoms with Gasteiger partial charge in [0.2, 0.25) is 0 Å². The molecule has 0 amide bonds. The van der Waals surface area contributed by atoms with Crippen molar-refractivity contribution in [2.24, 2.45) is 5.14 Å². The van der Waals surface area contributed by atoms with Gasteiger partial charge in [-0.3, -0.25) is 9.82 Å². The Kier molecular flexibility index (Phi) is 2.86. The Labute approximate surface area is 87.1 Å². The Morgan fingerprint density at radius 3 is 3.00 bits per heavy atom. The molecule has 0 atom stereocenters. The van der Waals surface area contributed by atoms with Crippen LogP contribution in [0.3, 0.4) is 0 Å². The highest BCUT2D eigenvalue weighted by Crippen LogP contribution is 2.13. The molecule has 4 heteroatoms. The van der Waals surface area contributed by atoms with E-state index < -0.39 is 0 Å². The van der Waals surface area contributed by atoms with Crippen molar-refractivity contribution in [3.63, 3.8) is 0 Å². The highest BCUT2D eigenvalue weighted by atomic mass is 32.2. The lowest BCUT2D eigenvalue weighted by molar-refractivity contribution is 0.686. The maximum Gasteiger partial charge on any atom is 0.0659 e. The SMILES string of the molecule is NSc1cccc(Cn2cccn2)c1. The van der Waals surface area contributed by atoms with E-state index in [0.29, 0.717) is 0 Å². The van der Waals surface area contributed by atoms with Crippen LogP contribution in [0.4, 0.5) is 0 Å². The molecule has 2 aromatic rings. The number of benzene rings is 1. The number of rotatable bonds is 3. The lowest BCUT2D eigenvalue weighted by Gasteiger charge is -2.03. The van der Waals surface area contributed by atoms with Gasteiger partial charge in [-0.2, -0.15) is 5.10 Å². The summed E-state index contributed by atoms with van der Waals surface area (Å²) in [4.78, 5) is 1.08. The molecule has 0 saturated carbocycles. The van der Waals surface area contributed by atoms with Gasteiger partial charge in [0, 0.05) is 17.3 Å². The van der Waals surface area contributed by atoms with E-state index in [1.807, 2.05) is 29.1 Å². The number of aromatic nitrogens is 2. The van der Waals surface area contributed by atoms with Crippen molar-refractivity contribution >= 4 is 11.9 Å². The van der Waals surface area contributed by atoms with E-state index >= 15 is 0 Å². The van der Waals surface area contributed by atoms with Gasteiger partial charge in [0.25, 0.3) is 0 Å². The summed E-state index contributed by atoms with van der Waals surface area (Å²) in [5.41, 5.74) is 1.21. The Balaban J connectivity index is 2.17. The van der Waals surface area contributed by atoms with Gasteiger partial charge in [-0.05, 0) is 35.7 Å². The van der Waals surface area contributed by atoms with E-state index in [1.54, 1.807) is 6.20 Å². The van der Waals surface area contributed by atoms with E-state index in [1.165, 1.54) is 17.5 Å². The third-order valence-electron chi connectivity index (χ3n) is 1.94. The van der Waals surface area contributed by atoms with Gasteiger partial charge in [-0.1, -0.05) is 12.1 Å². The molecule has 2 rings (SSSR count). The van der Waals surface area contributed by atoms with Gasteiger partial charge in [-0.25, -0.2) is 0 Å². The minimum atomic E-state index is 0.793. The molecule has 0 aliphatic rings.